The highest BCUT2D eigenvalue weighted by molar-refractivity contribution is 7.64. The minimum absolute atomic E-state index is 0.221. The molecule has 0 bridgehead atoms. The van der Waals surface area contributed by atoms with Crippen molar-refractivity contribution in [1.82, 2.24) is 0 Å². The molecule has 0 aliphatic carbocycles. The lowest BCUT2D eigenvalue weighted by Gasteiger charge is -1.91. The lowest BCUT2D eigenvalue weighted by atomic mass is 10.5. The molecule has 0 unspecified atom stereocenters. The minimum atomic E-state index is -0.221. The highest BCUT2D eigenvalue weighted by atomic mass is 32.1. The van der Waals surface area contributed by atoms with Gasteiger partial charge in [0, 0.05) is 18.2 Å². The number of carbonyl (C=O) groups is 1. The smallest absolute Gasteiger partial charge is 0.297 e. The maximum atomic E-state index is 10.7. The van der Waals surface area contributed by atoms with Gasteiger partial charge in [-0.05, 0) is 0 Å². The van der Waals surface area contributed by atoms with E-state index in [1.165, 1.54) is 11.5 Å². The lowest BCUT2D eigenvalue weighted by Crippen LogP contribution is -2.46. The van der Waals surface area contributed by atoms with Crippen LogP contribution in [0.5, 0.6) is 0 Å². The van der Waals surface area contributed by atoms with Crippen molar-refractivity contribution in [1.29, 1.82) is 5.26 Å². The van der Waals surface area contributed by atoms with Gasteiger partial charge in [-0.15, -0.1) is 5.43 Å². The molecule has 0 fully saturated rings. The van der Waals surface area contributed by atoms with Crippen LogP contribution < -0.4 is 10.1 Å². The van der Waals surface area contributed by atoms with Crippen LogP contribution in [0.3, 0.4) is 0 Å². The third kappa shape index (κ3) is 5.69. The number of carbonyl (C=O) groups excluding carboxylic acids is 1. The fourth-order valence-corrected chi connectivity index (χ4v) is 0.646. The van der Waals surface area contributed by atoms with E-state index in [1.54, 1.807) is 17.1 Å². The molecule has 1 heterocycles. The summed E-state index contributed by atoms with van der Waals surface area (Å²) < 4.78 is 1.56. The number of nitrogens with one attached hydrogen (secondary N) is 1. The van der Waals surface area contributed by atoms with Crippen molar-refractivity contribution >= 4 is 18.5 Å². The summed E-state index contributed by atoms with van der Waals surface area (Å²) in [5.41, 5.74) is 2.55. The molecule has 0 saturated heterocycles. The lowest BCUT2D eigenvalue weighted by molar-refractivity contribution is -0.642. The van der Waals surface area contributed by atoms with Crippen LogP contribution in [0.4, 0.5) is 0 Å². The third-order valence-electron chi connectivity index (χ3n) is 1.14. The number of pyridine rings is 1. The molecule has 0 aromatic carbocycles. The van der Waals surface area contributed by atoms with Crippen LogP contribution in [0.1, 0.15) is 0 Å². The highest BCUT2D eigenvalue weighted by Crippen LogP contribution is 1.74. The molecule has 5 heteroatoms. The predicted octanol–water partition coefficient (Wildman–Crippen LogP) is 0.245. The van der Waals surface area contributed by atoms with Gasteiger partial charge in [-0.25, -0.2) is 5.26 Å². The van der Waals surface area contributed by atoms with E-state index in [-0.39, 0.29) is 5.91 Å². The van der Waals surface area contributed by atoms with Gasteiger partial charge >= 0.3 is 0 Å². The standard InChI is InChI=1S/C8H8N2O.CHNS/c1-2-8(11)9-10-6-4-3-5-7-10;2-1-3/h2-7H,1H2;3H. The van der Waals surface area contributed by atoms with Crippen molar-refractivity contribution < 1.29 is 9.47 Å². The highest BCUT2D eigenvalue weighted by Gasteiger charge is 1.99. The van der Waals surface area contributed by atoms with E-state index in [4.69, 9.17) is 5.26 Å². The van der Waals surface area contributed by atoms with Gasteiger partial charge in [0.15, 0.2) is 12.4 Å². The second-order valence-corrected chi connectivity index (χ2v) is 2.24. The van der Waals surface area contributed by atoms with Gasteiger partial charge in [0.1, 0.15) is 0 Å². The molecule has 0 atom stereocenters. The Balaban J connectivity index is 0.000000500. The molecule has 0 saturated carbocycles. The molecule has 0 aliphatic heterocycles. The van der Waals surface area contributed by atoms with Crippen LogP contribution in [0.15, 0.2) is 43.2 Å². The molecule has 4 nitrogen and oxygen atoms in total. The van der Waals surface area contributed by atoms with Crippen LogP contribution in [-0.4, -0.2) is 5.91 Å². The molecule has 1 aromatic heterocycles. The predicted molar refractivity (Wildman–Crippen MR) is 54.2 cm³/mol. The summed E-state index contributed by atoms with van der Waals surface area (Å²) in [5, 5.41) is 8.47. The van der Waals surface area contributed by atoms with Crippen molar-refractivity contribution in [2.24, 2.45) is 0 Å². The van der Waals surface area contributed by atoms with Crippen molar-refractivity contribution in [3.05, 3.63) is 43.2 Å². The van der Waals surface area contributed by atoms with E-state index in [2.05, 4.69) is 24.6 Å². The Kier molecular flexibility index (Phi) is 6.64. The Hall–Kier alpha value is -1.93. The third-order valence-corrected chi connectivity index (χ3v) is 1.14. The van der Waals surface area contributed by atoms with Crippen LogP contribution in [-0.2, 0) is 17.4 Å². The van der Waals surface area contributed by atoms with Crippen molar-refractivity contribution in [2.75, 3.05) is 5.43 Å². The monoisotopic (exact) mass is 207 g/mol. The second kappa shape index (κ2) is 7.71. The SMILES string of the molecule is C=CC(=O)N[n+]1ccccc1.N#C[S-]. The molecule has 1 aromatic rings. The minimum Gasteiger partial charge on any atom is -0.696 e. The summed E-state index contributed by atoms with van der Waals surface area (Å²) in [6, 6.07) is 5.52. The summed E-state index contributed by atoms with van der Waals surface area (Å²) in [5.74, 6) is -0.221. The molecular formula is C9H9N3OS. The average molecular weight is 207 g/mol. The molecule has 14 heavy (non-hydrogen) atoms. The fraction of sp³-hybridized carbons (Fsp3) is 0. The topological polar surface area (TPSA) is 56.8 Å². The number of rotatable bonds is 2. The quantitative estimate of drug-likeness (QED) is 0.327. The molecule has 0 spiro atoms. The Labute approximate surface area is 87.9 Å². The van der Waals surface area contributed by atoms with Gasteiger partial charge in [0.05, 0.1) is 0 Å². The van der Waals surface area contributed by atoms with Crippen LogP contribution in [0, 0.1) is 10.7 Å². The molecule has 1 amide bonds. The summed E-state index contributed by atoms with van der Waals surface area (Å²) in [6.45, 7) is 3.33. The first-order valence-corrected chi connectivity index (χ1v) is 4.06. The largest absolute Gasteiger partial charge is 0.696 e. The first-order valence-electron chi connectivity index (χ1n) is 3.65. The summed E-state index contributed by atoms with van der Waals surface area (Å²) >= 11 is 3.70. The van der Waals surface area contributed by atoms with Gasteiger partial charge in [-0.3, -0.25) is 4.79 Å². The Morgan fingerprint density at radius 3 is 2.43 bits per heavy atom. The van der Waals surface area contributed by atoms with E-state index in [0.717, 1.165) is 0 Å². The fourth-order valence-electron chi connectivity index (χ4n) is 0.646. The zero-order valence-corrected chi connectivity index (χ0v) is 8.20. The normalized spacial score (nSPS) is 7.36. The maximum absolute atomic E-state index is 10.7. The molecule has 1 rings (SSSR count). The van der Waals surface area contributed by atoms with Gasteiger partial charge in [0.2, 0.25) is 0 Å². The number of aromatic nitrogens is 1. The van der Waals surface area contributed by atoms with E-state index >= 15 is 0 Å². The van der Waals surface area contributed by atoms with Crippen molar-refractivity contribution in [3.63, 3.8) is 0 Å². The van der Waals surface area contributed by atoms with Crippen LogP contribution in [0.25, 0.3) is 0 Å². The molecule has 0 aliphatic rings. The number of amides is 1. The number of hydrogen-bond acceptors (Lipinski definition) is 3. The Morgan fingerprint density at radius 1 is 1.50 bits per heavy atom. The van der Waals surface area contributed by atoms with Gasteiger partial charge in [-0.1, -0.05) is 22.7 Å². The van der Waals surface area contributed by atoms with Crippen LogP contribution in [0.2, 0.25) is 0 Å². The summed E-state index contributed by atoms with van der Waals surface area (Å²) in [6.07, 6.45) is 4.70. The molecule has 1 N–H and O–H groups in total. The number of thiocyanates is 1. The van der Waals surface area contributed by atoms with Gasteiger partial charge < -0.3 is 12.6 Å². The van der Waals surface area contributed by atoms with E-state index in [1.807, 2.05) is 18.2 Å². The summed E-state index contributed by atoms with van der Waals surface area (Å²) in [7, 11) is 0. The van der Waals surface area contributed by atoms with E-state index in [0.29, 0.717) is 0 Å². The maximum Gasteiger partial charge on any atom is 0.297 e. The second-order valence-electron chi connectivity index (χ2n) is 2.05. The number of nitriles is 1. The Bertz CT molecular complexity index is 332. The zero-order valence-electron chi connectivity index (χ0n) is 7.38. The number of nitrogens with zero attached hydrogens (tertiary/aromatic N) is 2. The Morgan fingerprint density at radius 2 is 2.00 bits per heavy atom. The first-order chi connectivity index (χ1) is 6.74. The van der Waals surface area contributed by atoms with E-state index < -0.39 is 0 Å². The zero-order chi connectivity index (χ0) is 10.8. The molecule has 72 valence electrons. The van der Waals surface area contributed by atoms with Crippen LogP contribution >= 0.6 is 0 Å². The van der Waals surface area contributed by atoms with Gasteiger partial charge in [-0.2, -0.15) is 0 Å². The van der Waals surface area contributed by atoms with Crippen molar-refractivity contribution in [3.8, 4) is 5.40 Å². The van der Waals surface area contributed by atoms with E-state index in [9.17, 15) is 4.79 Å². The number of hydrogen-bond donors (Lipinski definition) is 1. The van der Waals surface area contributed by atoms with Crippen molar-refractivity contribution in [2.45, 2.75) is 0 Å². The molecule has 0 radical (unpaired) electrons. The van der Waals surface area contributed by atoms with Gasteiger partial charge in [0.25, 0.3) is 5.91 Å². The first kappa shape index (κ1) is 12.1. The average Bonchev–Trinajstić information content (AvgIpc) is 2.20. The molecular weight excluding hydrogens is 198 g/mol. The summed E-state index contributed by atoms with van der Waals surface area (Å²) in [4.78, 5) is 10.7.